The van der Waals surface area contributed by atoms with Crippen LogP contribution in [-0.4, -0.2) is 30.0 Å². The molecule has 0 saturated heterocycles. The highest BCUT2D eigenvalue weighted by atomic mass is 16.7. The molecule has 0 fully saturated rings. The zero-order valence-electron chi connectivity index (χ0n) is 19.9. The Labute approximate surface area is 189 Å². The Balaban J connectivity index is 2.24. The third kappa shape index (κ3) is 13.2. The number of carbonyl (C=O) groups excluding carboxylic acids is 2. The summed E-state index contributed by atoms with van der Waals surface area (Å²) in [4.78, 5) is 29.0. The standard InChI is InChI=1S/C26H44N2O3/c1-3-5-6-7-8-9-10-11-12-13-14-16-23-18-20-24(21-19-23)26(30)28(31-4-2)22-15-17-25(27)29/h18-21H,3-17,22H2,1-2H3,(H2,27,29). The van der Waals surface area contributed by atoms with Crippen molar-refractivity contribution in [3.8, 4) is 0 Å². The van der Waals surface area contributed by atoms with Gasteiger partial charge in [0.05, 0.1) is 6.61 Å². The number of benzene rings is 1. The summed E-state index contributed by atoms with van der Waals surface area (Å²) in [5.74, 6) is -0.539. The van der Waals surface area contributed by atoms with Crippen LogP contribution >= 0.6 is 0 Å². The van der Waals surface area contributed by atoms with Gasteiger partial charge in [0, 0.05) is 18.5 Å². The van der Waals surface area contributed by atoms with Crippen LogP contribution in [0, 0.1) is 0 Å². The van der Waals surface area contributed by atoms with E-state index in [1.807, 2.05) is 31.2 Å². The van der Waals surface area contributed by atoms with Crippen molar-refractivity contribution in [3.05, 3.63) is 35.4 Å². The predicted molar refractivity (Wildman–Crippen MR) is 128 cm³/mol. The third-order valence-corrected chi connectivity index (χ3v) is 5.57. The molecule has 0 unspecified atom stereocenters. The monoisotopic (exact) mass is 432 g/mol. The van der Waals surface area contributed by atoms with Gasteiger partial charge < -0.3 is 5.73 Å². The van der Waals surface area contributed by atoms with Crippen molar-refractivity contribution in [1.29, 1.82) is 0 Å². The highest BCUT2D eigenvalue weighted by Gasteiger charge is 2.16. The van der Waals surface area contributed by atoms with Crippen LogP contribution in [-0.2, 0) is 16.1 Å². The largest absolute Gasteiger partial charge is 0.370 e. The molecule has 0 aliphatic heterocycles. The molecule has 0 aliphatic carbocycles. The van der Waals surface area contributed by atoms with E-state index in [-0.39, 0.29) is 18.2 Å². The maximum Gasteiger partial charge on any atom is 0.277 e. The summed E-state index contributed by atoms with van der Waals surface area (Å²) in [6, 6.07) is 7.82. The van der Waals surface area contributed by atoms with Crippen LogP contribution in [0.3, 0.4) is 0 Å². The lowest BCUT2D eigenvalue weighted by atomic mass is 10.0. The summed E-state index contributed by atoms with van der Waals surface area (Å²) < 4.78 is 0. The van der Waals surface area contributed by atoms with Gasteiger partial charge in [-0.3, -0.25) is 14.4 Å². The zero-order valence-corrected chi connectivity index (χ0v) is 19.9. The normalized spacial score (nSPS) is 10.9. The van der Waals surface area contributed by atoms with E-state index < -0.39 is 0 Å². The second-order valence-electron chi connectivity index (χ2n) is 8.38. The highest BCUT2D eigenvalue weighted by Crippen LogP contribution is 2.14. The van der Waals surface area contributed by atoms with Gasteiger partial charge in [-0.2, -0.15) is 0 Å². The first kappa shape index (κ1) is 27.2. The van der Waals surface area contributed by atoms with Crippen LogP contribution < -0.4 is 5.73 Å². The molecule has 0 saturated carbocycles. The van der Waals surface area contributed by atoms with E-state index in [1.165, 1.54) is 81.3 Å². The molecular formula is C26H44N2O3. The molecular weight excluding hydrogens is 388 g/mol. The highest BCUT2D eigenvalue weighted by molar-refractivity contribution is 5.93. The molecule has 0 aromatic heterocycles. The van der Waals surface area contributed by atoms with Gasteiger partial charge in [-0.05, 0) is 43.9 Å². The van der Waals surface area contributed by atoms with Crippen LogP contribution in [0.2, 0.25) is 0 Å². The molecule has 0 spiro atoms. The lowest BCUT2D eigenvalue weighted by Crippen LogP contribution is -2.32. The van der Waals surface area contributed by atoms with E-state index in [2.05, 4.69) is 6.92 Å². The van der Waals surface area contributed by atoms with Crippen LogP contribution in [0.5, 0.6) is 0 Å². The van der Waals surface area contributed by atoms with Gasteiger partial charge in [-0.25, -0.2) is 5.06 Å². The molecule has 0 heterocycles. The average Bonchev–Trinajstić information content (AvgIpc) is 2.76. The summed E-state index contributed by atoms with van der Waals surface area (Å²) in [6.45, 7) is 4.86. The van der Waals surface area contributed by atoms with Crippen molar-refractivity contribution in [3.63, 3.8) is 0 Å². The molecule has 176 valence electrons. The summed E-state index contributed by atoms with van der Waals surface area (Å²) in [6.07, 6.45) is 16.6. The van der Waals surface area contributed by atoms with E-state index in [0.29, 0.717) is 25.1 Å². The van der Waals surface area contributed by atoms with E-state index in [4.69, 9.17) is 10.6 Å². The van der Waals surface area contributed by atoms with Crippen molar-refractivity contribution in [2.45, 2.75) is 104 Å². The Hall–Kier alpha value is -1.88. The second-order valence-corrected chi connectivity index (χ2v) is 8.38. The molecule has 2 N–H and O–H groups in total. The molecule has 0 radical (unpaired) electrons. The van der Waals surface area contributed by atoms with E-state index >= 15 is 0 Å². The number of unbranched alkanes of at least 4 members (excludes halogenated alkanes) is 10. The number of rotatable bonds is 19. The van der Waals surface area contributed by atoms with Crippen molar-refractivity contribution in [2.75, 3.05) is 13.2 Å². The molecule has 1 aromatic carbocycles. The summed E-state index contributed by atoms with van der Waals surface area (Å²) in [5, 5.41) is 1.34. The molecule has 0 aliphatic rings. The van der Waals surface area contributed by atoms with Gasteiger partial charge >= 0.3 is 0 Å². The van der Waals surface area contributed by atoms with Gasteiger partial charge in [0.2, 0.25) is 5.91 Å². The minimum atomic E-state index is -0.365. The maximum atomic E-state index is 12.7. The SMILES string of the molecule is CCCCCCCCCCCCCc1ccc(C(=O)N(CCCC(N)=O)OCC)cc1. The van der Waals surface area contributed by atoms with Crippen LogP contribution in [0.1, 0.15) is 113 Å². The Kier molecular flexibility index (Phi) is 15.6. The first-order chi connectivity index (χ1) is 15.1. The van der Waals surface area contributed by atoms with Gasteiger partial charge in [-0.15, -0.1) is 0 Å². The number of nitrogens with two attached hydrogens (primary N) is 1. The van der Waals surface area contributed by atoms with Gasteiger partial charge in [-0.1, -0.05) is 83.3 Å². The lowest BCUT2D eigenvalue weighted by Gasteiger charge is -2.21. The Morgan fingerprint density at radius 2 is 1.35 bits per heavy atom. The lowest BCUT2D eigenvalue weighted by molar-refractivity contribution is -0.124. The van der Waals surface area contributed by atoms with Crippen molar-refractivity contribution < 1.29 is 14.4 Å². The van der Waals surface area contributed by atoms with E-state index in [9.17, 15) is 9.59 Å². The average molecular weight is 433 g/mol. The fourth-order valence-corrected chi connectivity index (χ4v) is 3.73. The van der Waals surface area contributed by atoms with Gasteiger partial charge in [0.25, 0.3) is 5.91 Å². The first-order valence-corrected chi connectivity index (χ1v) is 12.4. The molecule has 1 rings (SSSR count). The summed E-state index contributed by atoms with van der Waals surface area (Å²) in [7, 11) is 0. The molecule has 31 heavy (non-hydrogen) atoms. The van der Waals surface area contributed by atoms with Crippen LogP contribution in [0.25, 0.3) is 0 Å². The van der Waals surface area contributed by atoms with Crippen LogP contribution in [0.15, 0.2) is 24.3 Å². The van der Waals surface area contributed by atoms with Crippen molar-refractivity contribution >= 4 is 11.8 Å². The molecule has 5 nitrogen and oxygen atoms in total. The number of carbonyl (C=O) groups is 2. The number of nitrogens with zero attached hydrogens (tertiary/aromatic N) is 1. The van der Waals surface area contributed by atoms with Crippen LogP contribution in [0.4, 0.5) is 0 Å². The topological polar surface area (TPSA) is 72.6 Å². The third-order valence-electron chi connectivity index (χ3n) is 5.57. The predicted octanol–water partition coefficient (Wildman–Crippen LogP) is 6.20. The fraction of sp³-hybridized carbons (Fsp3) is 0.692. The minimum Gasteiger partial charge on any atom is -0.370 e. The first-order valence-electron chi connectivity index (χ1n) is 12.4. The van der Waals surface area contributed by atoms with Crippen molar-refractivity contribution in [1.82, 2.24) is 5.06 Å². The number of aryl methyl sites for hydroxylation is 1. The molecule has 0 bridgehead atoms. The smallest absolute Gasteiger partial charge is 0.277 e. The van der Waals surface area contributed by atoms with Gasteiger partial charge in [0.15, 0.2) is 0 Å². The number of hydrogen-bond acceptors (Lipinski definition) is 3. The number of primary amides is 1. The summed E-state index contributed by atoms with van der Waals surface area (Å²) >= 11 is 0. The quantitative estimate of drug-likeness (QED) is 0.209. The van der Waals surface area contributed by atoms with Crippen molar-refractivity contribution in [2.24, 2.45) is 5.73 Å². The fourth-order valence-electron chi connectivity index (χ4n) is 3.73. The second kappa shape index (κ2) is 17.8. The molecule has 0 atom stereocenters. The Morgan fingerprint density at radius 1 is 0.806 bits per heavy atom. The number of amides is 2. The summed E-state index contributed by atoms with van der Waals surface area (Å²) in [5.41, 5.74) is 7.05. The molecule has 1 aromatic rings. The zero-order chi connectivity index (χ0) is 22.7. The van der Waals surface area contributed by atoms with E-state index in [1.54, 1.807) is 0 Å². The van der Waals surface area contributed by atoms with E-state index in [0.717, 1.165) is 6.42 Å². The number of hydroxylamine groups is 2. The molecule has 5 heteroatoms. The number of hydrogen-bond donors (Lipinski definition) is 1. The maximum absolute atomic E-state index is 12.7. The Bertz CT molecular complexity index is 601. The van der Waals surface area contributed by atoms with Gasteiger partial charge in [0.1, 0.15) is 0 Å². The Morgan fingerprint density at radius 3 is 1.87 bits per heavy atom. The molecule has 2 amide bonds. The minimum absolute atomic E-state index is 0.174.